The minimum Gasteiger partial charge on any atom is -0.480 e. The van der Waals surface area contributed by atoms with E-state index in [4.69, 9.17) is 4.74 Å². The van der Waals surface area contributed by atoms with Crippen molar-refractivity contribution in [2.75, 3.05) is 12.0 Å². The lowest BCUT2D eigenvalue weighted by Crippen LogP contribution is -2.41. The van der Waals surface area contributed by atoms with Gasteiger partial charge in [0, 0.05) is 17.3 Å². The van der Waals surface area contributed by atoms with E-state index in [1.807, 2.05) is 49.6 Å². The minimum atomic E-state index is -1.05. The molecule has 0 radical (unpaired) electrons. The van der Waals surface area contributed by atoms with Crippen molar-refractivity contribution in [3.63, 3.8) is 0 Å². The normalized spacial score (nSPS) is 11.8. The Morgan fingerprint density at radius 1 is 1.08 bits per heavy atom. The first-order chi connectivity index (χ1) is 18.9. The van der Waals surface area contributed by atoms with Crippen LogP contribution in [0.1, 0.15) is 32.8 Å². The van der Waals surface area contributed by atoms with E-state index in [1.54, 1.807) is 24.4 Å². The molecular weight excluding hydrogens is 535 g/mol. The number of carboxylic acids is 1. The number of benzene rings is 3. The number of aromatic nitrogens is 1. The van der Waals surface area contributed by atoms with E-state index in [2.05, 4.69) is 10.3 Å². The maximum absolute atomic E-state index is 13.2. The molecule has 1 amide bonds. The van der Waals surface area contributed by atoms with Crippen molar-refractivity contribution in [3.8, 4) is 21.7 Å². The van der Waals surface area contributed by atoms with E-state index < -0.39 is 17.9 Å². The summed E-state index contributed by atoms with van der Waals surface area (Å²) >= 11 is 3.02. The molecule has 0 bridgehead atoms. The summed E-state index contributed by atoms with van der Waals surface area (Å²) in [7, 11) is 0. The van der Waals surface area contributed by atoms with Crippen molar-refractivity contribution in [3.05, 3.63) is 100 Å². The summed E-state index contributed by atoms with van der Waals surface area (Å²) in [6.07, 6.45) is 4.00. The highest BCUT2D eigenvalue weighted by Gasteiger charge is 2.22. The topological polar surface area (TPSA) is 88.5 Å². The molecule has 0 spiro atoms. The number of aliphatic carboxylic acids is 1. The predicted molar refractivity (Wildman–Crippen MR) is 155 cm³/mol. The molecule has 1 atom stereocenters. The van der Waals surface area contributed by atoms with Crippen LogP contribution in [0.4, 0.5) is 4.39 Å². The highest BCUT2D eigenvalue weighted by atomic mass is 32.2. The average molecular weight is 565 g/mol. The van der Waals surface area contributed by atoms with Gasteiger partial charge in [-0.3, -0.25) is 4.79 Å². The molecule has 1 aromatic heterocycles. The van der Waals surface area contributed by atoms with Gasteiger partial charge in [0.05, 0.1) is 18.1 Å². The molecule has 39 heavy (non-hydrogen) atoms. The van der Waals surface area contributed by atoms with E-state index in [0.717, 1.165) is 37.7 Å². The number of thioether (sulfide) groups is 1. The molecule has 4 aromatic rings. The van der Waals surface area contributed by atoms with Gasteiger partial charge in [0.2, 0.25) is 0 Å². The third-order valence-electron chi connectivity index (χ3n) is 6.14. The zero-order valence-corrected chi connectivity index (χ0v) is 23.3. The Morgan fingerprint density at radius 3 is 2.56 bits per heavy atom. The molecule has 0 unspecified atom stereocenters. The van der Waals surface area contributed by atoms with Crippen LogP contribution < -0.4 is 5.32 Å². The Morgan fingerprint density at radius 2 is 1.85 bits per heavy atom. The summed E-state index contributed by atoms with van der Waals surface area (Å²) in [4.78, 5) is 30.3. The number of nitrogens with zero attached hydrogens (tertiary/aromatic N) is 1. The largest absolute Gasteiger partial charge is 0.480 e. The van der Waals surface area contributed by atoms with Gasteiger partial charge in [-0.15, -0.1) is 11.3 Å². The van der Waals surface area contributed by atoms with E-state index in [9.17, 15) is 19.1 Å². The number of amides is 1. The maximum atomic E-state index is 13.2. The van der Waals surface area contributed by atoms with Crippen LogP contribution in [-0.4, -0.2) is 40.0 Å². The van der Waals surface area contributed by atoms with Crippen LogP contribution in [0.25, 0.3) is 21.7 Å². The molecule has 3 aromatic carbocycles. The van der Waals surface area contributed by atoms with Crippen molar-refractivity contribution < 1.29 is 23.8 Å². The smallest absolute Gasteiger partial charge is 0.326 e. The summed E-state index contributed by atoms with van der Waals surface area (Å²) in [6.45, 7) is 2.65. The molecular formula is C30H29FN2O4S2. The van der Waals surface area contributed by atoms with E-state index >= 15 is 0 Å². The zero-order valence-electron chi connectivity index (χ0n) is 21.6. The fourth-order valence-electron chi connectivity index (χ4n) is 4.08. The van der Waals surface area contributed by atoms with Gasteiger partial charge in [0.15, 0.2) is 0 Å². The summed E-state index contributed by atoms with van der Waals surface area (Å²) in [6, 6.07) is 18.5. The van der Waals surface area contributed by atoms with Crippen LogP contribution in [0, 0.1) is 12.7 Å². The highest BCUT2D eigenvalue weighted by molar-refractivity contribution is 7.98. The molecule has 9 heteroatoms. The first-order valence-corrected chi connectivity index (χ1v) is 14.6. The minimum absolute atomic E-state index is 0.287. The first-order valence-electron chi connectivity index (χ1n) is 12.4. The Balaban J connectivity index is 1.50. The number of carbonyl (C=O) groups is 2. The van der Waals surface area contributed by atoms with Crippen molar-refractivity contribution in [2.45, 2.75) is 32.6 Å². The van der Waals surface area contributed by atoms with E-state index in [1.165, 1.54) is 35.2 Å². The van der Waals surface area contributed by atoms with Crippen molar-refractivity contribution >= 4 is 35.0 Å². The number of carbonyl (C=O) groups excluding carboxylic acids is 1. The molecule has 0 aliphatic rings. The standard InChI is InChI=1S/C30H29FN2O4S2/c1-19-5-3-4-6-24(19)26-15-20(7-12-25(26)28(34)33-27(30(35)36)13-14-38-2)17-37-18-23-16-32-29(39-23)21-8-10-22(31)11-9-21/h3-12,15-16,27H,13-14,17-18H2,1-2H3,(H,33,34)(H,35,36)/t27-/m0/s1. The predicted octanol–water partition coefficient (Wildman–Crippen LogP) is 6.58. The SMILES string of the molecule is CSCC[C@H](NC(=O)c1ccc(COCc2cnc(-c3ccc(F)cc3)s2)cc1-c1ccccc1C)C(=O)O. The fraction of sp³-hybridized carbons (Fsp3) is 0.233. The number of ether oxygens (including phenoxy) is 1. The average Bonchev–Trinajstić information content (AvgIpc) is 3.40. The van der Waals surface area contributed by atoms with Crippen LogP contribution in [-0.2, 0) is 22.7 Å². The third kappa shape index (κ3) is 7.53. The Kier molecular flexibility index (Phi) is 9.86. The Hall–Kier alpha value is -3.53. The number of halogens is 1. The lowest BCUT2D eigenvalue weighted by molar-refractivity contribution is -0.139. The van der Waals surface area contributed by atoms with Gasteiger partial charge in [0.1, 0.15) is 16.9 Å². The number of nitrogens with one attached hydrogen (secondary N) is 1. The monoisotopic (exact) mass is 564 g/mol. The number of aryl methyl sites for hydroxylation is 1. The zero-order chi connectivity index (χ0) is 27.8. The molecule has 0 saturated heterocycles. The maximum Gasteiger partial charge on any atom is 0.326 e. The molecule has 1 heterocycles. The van der Waals surface area contributed by atoms with E-state index in [0.29, 0.717) is 31.0 Å². The molecule has 0 fully saturated rings. The molecule has 0 aliphatic carbocycles. The van der Waals surface area contributed by atoms with Crippen LogP contribution in [0.5, 0.6) is 0 Å². The third-order valence-corrected chi connectivity index (χ3v) is 7.80. The lowest BCUT2D eigenvalue weighted by Gasteiger charge is -2.17. The van der Waals surface area contributed by atoms with Crippen molar-refractivity contribution in [1.82, 2.24) is 10.3 Å². The highest BCUT2D eigenvalue weighted by Crippen LogP contribution is 2.29. The second kappa shape index (κ2) is 13.5. The van der Waals surface area contributed by atoms with Gasteiger partial charge in [0.25, 0.3) is 5.91 Å². The van der Waals surface area contributed by atoms with Crippen LogP contribution >= 0.6 is 23.1 Å². The summed E-state index contributed by atoms with van der Waals surface area (Å²) in [5.74, 6) is -1.13. The van der Waals surface area contributed by atoms with Gasteiger partial charge in [-0.2, -0.15) is 11.8 Å². The molecule has 4 rings (SSSR count). The van der Waals surface area contributed by atoms with Crippen molar-refractivity contribution in [1.29, 1.82) is 0 Å². The van der Waals surface area contributed by atoms with Crippen molar-refractivity contribution in [2.24, 2.45) is 0 Å². The second-order valence-electron chi connectivity index (χ2n) is 8.97. The quantitative estimate of drug-likeness (QED) is 0.202. The Labute approximate surface area is 235 Å². The Bertz CT molecular complexity index is 1440. The number of thiazole rings is 1. The molecule has 2 N–H and O–H groups in total. The lowest BCUT2D eigenvalue weighted by atomic mass is 9.93. The van der Waals surface area contributed by atoms with Crippen LogP contribution in [0.3, 0.4) is 0 Å². The second-order valence-corrected chi connectivity index (χ2v) is 11.1. The fourth-order valence-corrected chi connectivity index (χ4v) is 5.40. The van der Waals surface area contributed by atoms with Gasteiger partial charge >= 0.3 is 5.97 Å². The van der Waals surface area contributed by atoms with Gasteiger partial charge in [-0.25, -0.2) is 14.2 Å². The summed E-state index contributed by atoms with van der Waals surface area (Å²) in [5.41, 5.74) is 4.76. The first kappa shape index (κ1) is 28.5. The van der Waals surface area contributed by atoms with Crippen LogP contribution in [0.15, 0.2) is 72.9 Å². The van der Waals surface area contributed by atoms with E-state index in [-0.39, 0.29) is 5.82 Å². The number of rotatable bonds is 12. The van der Waals surface area contributed by atoms with Crippen LogP contribution in [0.2, 0.25) is 0 Å². The number of hydrogen-bond acceptors (Lipinski definition) is 6. The number of carboxylic acid groups (broad SMARTS) is 1. The molecule has 0 aliphatic heterocycles. The molecule has 202 valence electrons. The molecule has 0 saturated carbocycles. The van der Waals surface area contributed by atoms with Gasteiger partial charge < -0.3 is 15.2 Å². The summed E-state index contributed by atoms with van der Waals surface area (Å²) < 4.78 is 19.2. The number of hydrogen-bond donors (Lipinski definition) is 2. The summed E-state index contributed by atoms with van der Waals surface area (Å²) in [5, 5.41) is 13.1. The molecule has 6 nitrogen and oxygen atoms in total. The van der Waals surface area contributed by atoms with Gasteiger partial charge in [-0.1, -0.05) is 30.3 Å². The van der Waals surface area contributed by atoms with Gasteiger partial charge in [-0.05, 0) is 84.0 Å².